The molecule has 0 aromatic heterocycles. The molecule has 0 spiro atoms. The van der Waals surface area contributed by atoms with Crippen molar-refractivity contribution in [3.8, 4) is 0 Å². The molecule has 0 bridgehead atoms. The summed E-state index contributed by atoms with van der Waals surface area (Å²) in [6.07, 6.45) is 0.943. The van der Waals surface area contributed by atoms with Gasteiger partial charge in [-0.1, -0.05) is 25.1 Å². The van der Waals surface area contributed by atoms with E-state index < -0.39 is 0 Å². The molecule has 4 heteroatoms. The Morgan fingerprint density at radius 3 is 2.89 bits per heavy atom. The van der Waals surface area contributed by atoms with Crippen LogP contribution in [0.25, 0.3) is 0 Å². The molecule has 2 unspecified atom stereocenters. The van der Waals surface area contributed by atoms with Crippen molar-refractivity contribution in [1.29, 1.82) is 0 Å². The molecule has 1 heterocycles. The van der Waals surface area contributed by atoms with Crippen LogP contribution in [0.3, 0.4) is 0 Å². The van der Waals surface area contributed by atoms with Crippen LogP contribution in [0.2, 0.25) is 0 Å². The molecule has 1 aliphatic heterocycles. The Kier molecular flexibility index (Phi) is 4.23. The van der Waals surface area contributed by atoms with E-state index in [9.17, 15) is 9.18 Å². The fourth-order valence-electron chi connectivity index (χ4n) is 2.26. The van der Waals surface area contributed by atoms with Gasteiger partial charge in [-0.3, -0.25) is 4.79 Å². The minimum Gasteiger partial charge on any atom is -0.342 e. The predicted octanol–water partition coefficient (Wildman–Crippen LogP) is 2.84. The molecule has 0 radical (unpaired) electrons. The first kappa shape index (κ1) is 13.3. The van der Waals surface area contributed by atoms with Crippen LogP contribution in [0.15, 0.2) is 24.3 Å². The van der Waals surface area contributed by atoms with Gasteiger partial charge in [-0.2, -0.15) is 0 Å². The van der Waals surface area contributed by atoms with Crippen molar-refractivity contribution < 1.29 is 9.18 Å². The van der Waals surface area contributed by atoms with Gasteiger partial charge in [0.2, 0.25) is 5.91 Å². The van der Waals surface area contributed by atoms with Crippen LogP contribution in [0.5, 0.6) is 0 Å². The standard InChI is InChI=1S/C14H17ClFNO/c1-10-9-17(7-6-12(10)15)14(18)8-11-4-2-3-5-13(11)16/h2-5,10,12H,6-9H2,1H3. The van der Waals surface area contributed by atoms with Gasteiger partial charge in [0.25, 0.3) is 0 Å². The predicted molar refractivity (Wildman–Crippen MR) is 70.1 cm³/mol. The van der Waals surface area contributed by atoms with E-state index in [1.54, 1.807) is 23.1 Å². The zero-order valence-electron chi connectivity index (χ0n) is 10.4. The molecule has 1 saturated heterocycles. The average molecular weight is 270 g/mol. The molecule has 0 N–H and O–H groups in total. The number of nitrogens with zero attached hydrogens (tertiary/aromatic N) is 1. The second-order valence-electron chi connectivity index (χ2n) is 4.89. The molecule has 0 saturated carbocycles. The summed E-state index contributed by atoms with van der Waals surface area (Å²) >= 11 is 6.12. The molecule has 1 amide bonds. The van der Waals surface area contributed by atoms with E-state index in [4.69, 9.17) is 11.6 Å². The molecule has 98 valence electrons. The van der Waals surface area contributed by atoms with Crippen LogP contribution in [0, 0.1) is 11.7 Å². The molecule has 1 aromatic rings. The maximum atomic E-state index is 13.5. The lowest BCUT2D eigenvalue weighted by molar-refractivity contribution is -0.132. The molecule has 1 aromatic carbocycles. The van der Waals surface area contributed by atoms with Gasteiger partial charge in [-0.05, 0) is 24.0 Å². The van der Waals surface area contributed by atoms with Crippen LogP contribution >= 0.6 is 11.6 Å². The Bertz CT molecular complexity index is 438. The summed E-state index contributed by atoms with van der Waals surface area (Å²) in [7, 11) is 0. The van der Waals surface area contributed by atoms with Crippen molar-refractivity contribution in [3.05, 3.63) is 35.6 Å². The van der Waals surface area contributed by atoms with Crippen LogP contribution in [-0.4, -0.2) is 29.3 Å². The second-order valence-corrected chi connectivity index (χ2v) is 5.45. The van der Waals surface area contributed by atoms with Crippen molar-refractivity contribution in [2.24, 2.45) is 5.92 Å². The number of benzene rings is 1. The van der Waals surface area contributed by atoms with E-state index in [0.717, 1.165) is 6.42 Å². The number of alkyl halides is 1. The van der Waals surface area contributed by atoms with Crippen LogP contribution < -0.4 is 0 Å². The van der Waals surface area contributed by atoms with Crippen LogP contribution in [-0.2, 0) is 11.2 Å². The van der Waals surface area contributed by atoms with Gasteiger partial charge in [-0.15, -0.1) is 11.6 Å². The van der Waals surface area contributed by atoms with E-state index in [2.05, 4.69) is 0 Å². The fraction of sp³-hybridized carbons (Fsp3) is 0.500. The highest BCUT2D eigenvalue weighted by molar-refractivity contribution is 6.20. The first-order valence-corrected chi connectivity index (χ1v) is 6.67. The van der Waals surface area contributed by atoms with E-state index in [-0.39, 0.29) is 23.5 Å². The van der Waals surface area contributed by atoms with Crippen molar-refractivity contribution in [1.82, 2.24) is 4.90 Å². The number of hydrogen-bond donors (Lipinski definition) is 0. The third-order valence-corrected chi connectivity index (χ3v) is 4.10. The molecular weight excluding hydrogens is 253 g/mol. The smallest absolute Gasteiger partial charge is 0.227 e. The van der Waals surface area contributed by atoms with Crippen LogP contribution in [0.4, 0.5) is 4.39 Å². The van der Waals surface area contributed by atoms with E-state index >= 15 is 0 Å². The first-order chi connectivity index (χ1) is 8.58. The van der Waals surface area contributed by atoms with Gasteiger partial charge in [0.1, 0.15) is 5.82 Å². The molecule has 0 aliphatic carbocycles. The fourth-order valence-corrected chi connectivity index (χ4v) is 2.44. The molecule has 18 heavy (non-hydrogen) atoms. The first-order valence-electron chi connectivity index (χ1n) is 6.23. The van der Waals surface area contributed by atoms with E-state index in [1.807, 2.05) is 6.92 Å². The Balaban J connectivity index is 1.99. The molecule has 2 rings (SSSR count). The van der Waals surface area contributed by atoms with Gasteiger partial charge in [0.05, 0.1) is 6.42 Å². The SMILES string of the molecule is CC1CN(C(=O)Cc2ccccc2F)CCC1Cl. The minimum atomic E-state index is -0.314. The molecule has 2 nitrogen and oxygen atoms in total. The topological polar surface area (TPSA) is 20.3 Å². The molecule has 1 aliphatic rings. The number of carbonyl (C=O) groups excluding carboxylic acids is 1. The highest BCUT2D eigenvalue weighted by Gasteiger charge is 2.27. The number of rotatable bonds is 2. The molecule has 1 fully saturated rings. The summed E-state index contributed by atoms with van der Waals surface area (Å²) in [6.45, 7) is 3.38. The largest absolute Gasteiger partial charge is 0.342 e. The third-order valence-electron chi connectivity index (χ3n) is 3.45. The summed E-state index contributed by atoms with van der Waals surface area (Å²) < 4.78 is 13.5. The van der Waals surface area contributed by atoms with E-state index in [1.165, 1.54) is 6.07 Å². The lowest BCUT2D eigenvalue weighted by atomic mass is 9.99. The number of carbonyl (C=O) groups is 1. The summed E-state index contributed by atoms with van der Waals surface area (Å²) in [5, 5.41) is 0.141. The summed E-state index contributed by atoms with van der Waals surface area (Å²) in [5.74, 6) is -0.0355. The summed E-state index contributed by atoms with van der Waals surface area (Å²) in [5.41, 5.74) is 0.461. The zero-order valence-corrected chi connectivity index (χ0v) is 11.2. The Labute approximate surface area is 112 Å². The molecule has 2 atom stereocenters. The lowest BCUT2D eigenvalue weighted by Crippen LogP contribution is -2.44. The maximum Gasteiger partial charge on any atom is 0.227 e. The third kappa shape index (κ3) is 3.02. The Morgan fingerprint density at radius 2 is 2.22 bits per heavy atom. The average Bonchev–Trinajstić information content (AvgIpc) is 2.35. The maximum absolute atomic E-state index is 13.5. The van der Waals surface area contributed by atoms with Gasteiger partial charge in [0.15, 0.2) is 0 Å². The quantitative estimate of drug-likeness (QED) is 0.756. The minimum absolute atomic E-state index is 0.0180. The highest BCUT2D eigenvalue weighted by atomic mass is 35.5. The Morgan fingerprint density at radius 1 is 1.50 bits per heavy atom. The highest BCUT2D eigenvalue weighted by Crippen LogP contribution is 2.22. The van der Waals surface area contributed by atoms with Gasteiger partial charge in [-0.25, -0.2) is 4.39 Å². The Hall–Kier alpha value is -1.09. The lowest BCUT2D eigenvalue weighted by Gasteiger charge is -2.34. The van der Waals surface area contributed by atoms with Crippen molar-refractivity contribution >= 4 is 17.5 Å². The number of hydrogen-bond acceptors (Lipinski definition) is 1. The van der Waals surface area contributed by atoms with Crippen LogP contribution in [0.1, 0.15) is 18.9 Å². The van der Waals surface area contributed by atoms with Crippen molar-refractivity contribution in [2.45, 2.75) is 25.1 Å². The number of halogens is 2. The zero-order chi connectivity index (χ0) is 13.1. The van der Waals surface area contributed by atoms with Gasteiger partial charge in [0, 0.05) is 18.5 Å². The number of piperidine rings is 1. The van der Waals surface area contributed by atoms with Gasteiger partial charge < -0.3 is 4.90 Å². The number of amides is 1. The monoisotopic (exact) mass is 269 g/mol. The second kappa shape index (κ2) is 5.70. The van der Waals surface area contributed by atoms with Crippen molar-refractivity contribution in [3.63, 3.8) is 0 Å². The van der Waals surface area contributed by atoms with Crippen molar-refractivity contribution in [2.75, 3.05) is 13.1 Å². The van der Waals surface area contributed by atoms with E-state index in [0.29, 0.717) is 24.6 Å². The normalized spacial score (nSPS) is 24.1. The summed E-state index contributed by atoms with van der Waals surface area (Å²) in [4.78, 5) is 13.9. The van der Waals surface area contributed by atoms with Gasteiger partial charge >= 0.3 is 0 Å². The molecular formula is C14H17ClFNO. The summed E-state index contributed by atoms with van der Waals surface area (Å²) in [6, 6.07) is 6.42. The number of likely N-dealkylation sites (tertiary alicyclic amines) is 1.